The molecule has 3 heterocycles. The molecule has 0 saturated heterocycles. The quantitative estimate of drug-likeness (QED) is 0.409. The molecule has 0 atom stereocenters. The van der Waals surface area contributed by atoms with Gasteiger partial charge in [-0.3, -0.25) is 9.89 Å². The number of benzene rings is 2. The molecule has 0 spiro atoms. The van der Waals surface area contributed by atoms with Crippen molar-refractivity contribution in [2.24, 2.45) is 5.73 Å². The number of nitrogens with one attached hydrogen (secondary N) is 3. The van der Waals surface area contributed by atoms with Gasteiger partial charge < -0.3 is 16.4 Å². The Morgan fingerprint density at radius 2 is 1.97 bits per heavy atom. The number of nitrogens with zero attached hydrogens (tertiary/aromatic N) is 3. The summed E-state index contributed by atoms with van der Waals surface area (Å²) in [6, 6.07) is 15.5. The first-order valence-electron chi connectivity index (χ1n) is 9.90. The number of primary amides is 1. The van der Waals surface area contributed by atoms with Crippen molar-refractivity contribution >= 4 is 28.4 Å². The maximum absolute atomic E-state index is 11.7. The molecule has 5 rings (SSSR count). The number of hydrogen-bond acceptors (Lipinski definition) is 6. The number of rotatable bonds is 5. The van der Waals surface area contributed by atoms with Gasteiger partial charge in [-0.15, -0.1) is 0 Å². The highest BCUT2D eigenvalue weighted by atomic mass is 16.1. The summed E-state index contributed by atoms with van der Waals surface area (Å²) in [6.07, 6.45) is 1.94. The summed E-state index contributed by atoms with van der Waals surface area (Å²) in [5.74, 6) is 1.61. The van der Waals surface area contributed by atoms with Crippen LogP contribution >= 0.6 is 0 Å². The minimum absolute atomic E-state index is 0.393. The van der Waals surface area contributed by atoms with Gasteiger partial charge in [0.1, 0.15) is 17.3 Å². The lowest BCUT2D eigenvalue weighted by atomic mass is 10.1. The van der Waals surface area contributed by atoms with E-state index in [1.165, 1.54) is 5.56 Å². The first-order valence-corrected chi connectivity index (χ1v) is 9.90. The van der Waals surface area contributed by atoms with Crippen LogP contribution in [-0.4, -0.2) is 32.6 Å². The molecular formula is C22H21N7O. The molecule has 2 aromatic carbocycles. The number of aromatic amines is 1. The minimum Gasteiger partial charge on any atom is -0.370 e. The van der Waals surface area contributed by atoms with Gasteiger partial charge in [-0.1, -0.05) is 42.5 Å². The summed E-state index contributed by atoms with van der Waals surface area (Å²) < 4.78 is 0. The SMILES string of the molecule is NC(=O)c1cccc2c(-c3nc4c(c(NCc5ccccc5)n3)CCCN4)n[nH]c12. The van der Waals surface area contributed by atoms with Crippen LogP contribution in [0.4, 0.5) is 11.6 Å². The average molecular weight is 399 g/mol. The van der Waals surface area contributed by atoms with Gasteiger partial charge in [0.15, 0.2) is 5.82 Å². The number of fused-ring (bicyclic) bond motifs is 2. The van der Waals surface area contributed by atoms with E-state index in [9.17, 15) is 4.79 Å². The van der Waals surface area contributed by atoms with Gasteiger partial charge in [-0.05, 0) is 24.5 Å². The second-order valence-corrected chi connectivity index (χ2v) is 7.26. The first-order chi connectivity index (χ1) is 14.7. The van der Waals surface area contributed by atoms with Crippen LogP contribution in [-0.2, 0) is 13.0 Å². The van der Waals surface area contributed by atoms with Gasteiger partial charge in [-0.25, -0.2) is 9.97 Å². The summed E-state index contributed by atoms with van der Waals surface area (Å²) in [5, 5.41) is 14.9. The van der Waals surface area contributed by atoms with Crippen molar-refractivity contribution in [3.63, 3.8) is 0 Å². The third-order valence-corrected chi connectivity index (χ3v) is 5.28. The number of carbonyl (C=O) groups excluding carboxylic acids is 1. The fourth-order valence-corrected chi connectivity index (χ4v) is 3.79. The molecular weight excluding hydrogens is 378 g/mol. The minimum atomic E-state index is -0.506. The van der Waals surface area contributed by atoms with E-state index in [1.54, 1.807) is 12.1 Å². The molecule has 0 radical (unpaired) electrons. The van der Waals surface area contributed by atoms with Gasteiger partial charge in [0, 0.05) is 24.0 Å². The lowest BCUT2D eigenvalue weighted by molar-refractivity contribution is 0.100. The Hall–Kier alpha value is -3.94. The number of para-hydroxylation sites is 1. The molecule has 8 nitrogen and oxygen atoms in total. The van der Waals surface area contributed by atoms with E-state index in [0.29, 0.717) is 29.1 Å². The monoisotopic (exact) mass is 399 g/mol. The first kappa shape index (κ1) is 18.1. The van der Waals surface area contributed by atoms with E-state index in [0.717, 1.165) is 42.0 Å². The number of amides is 1. The molecule has 0 bridgehead atoms. The number of H-pyrrole nitrogens is 1. The number of aromatic nitrogens is 4. The van der Waals surface area contributed by atoms with E-state index in [-0.39, 0.29) is 0 Å². The standard InChI is InChI=1S/C22H21N7O/c23-19(30)15-9-4-8-14-17(15)28-29-18(14)22-26-20-16(10-5-11-24-20)21(27-22)25-12-13-6-2-1-3-7-13/h1-4,6-9H,5,10-12H2,(H2,23,30)(H,28,29)(H2,24,25,26,27). The Labute approximate surface area is 172 Å². The van der Waals surface area contributed by atoms with Crippen LogP contribution in [0.25, 0.3) is 22.4 Å². The summed E-state index contributed by atoms with van der Waals surface area (Å²) >= 11 is 0. The van der Waals surface area contributed by atoms with Crippen molar-refractivity contribution < 1.29 is 4.79 Å². The summed E-state index contributed by atoms with van der Waals surface area (Å²) in [5.41, 5.74) is 9.33. The Bertz CT molecular complexity index is 1230. The molecule has 0 unspecified atom stereocenters. The molecule has 150 valence electrons. The van der Waals surface area contributed by atoms with E-state index >= 15 is 0 Å². The molecule has 1 aliphatic heterocycles. The molecule has 8 heteroatoms. The van der Waals surface area contributed by atoms with Crippen molar-refractivity contribution in [2.75, 3.05) is 17.2 Å². The Balaban J connectivity index is 1.58. The third kappa shape index (κ3) is 3.22. The fourth-order valence-electron chi connectivity index (χ4n) is 3.79. The van der Waals surface area contributed by atoms with Crippen molar-refractivity contribution in [3.8, 4) is 11.5 Å². The molecule has 0 fully saturated rings. The Morgan fingerprint density at radius 1 is 1.10 bits per heavy atom. The number of nitrogens with two attached hydrogens (primary N) is 1. The summed E-state index contributed by atoms with van der Waals surface area (Å²) in [7, 11) is 0. The van der Waals surface area contributed by atoms with Crippen LogP contribution in [0, 0.1) is 0 Å². The maximum atomic E-state index is 11.7. The topological polar surface area (TPSA) is 122 Å². The molecule has 1 aliphatic rings. The molecule has 30 heavy (non-hydrogen) atoms. The van der Waals surface area contributed by atoms with Crippen molar-refractivity contribution in [1.82, 2.24) is 20.2 Å². The fraction of sp³-hybridized carbons (Fsp3) is 0.182. The maximum Gasteiger partial charge on any atom is 0.250 e. The largest absolute Gasteiger partial charge is 0.370 e. The number of carbonyl (C=O) groups is 1. The summed E-state index contributed by atoms with van der Waals surface area (Å²) in [6.45, 7) is 1.53. The second kappa shape index (κ2) is 7.47. The van der Waals surface area contributed by atoms with E-state index in [2.05, 4.69) is 33.0 Å². The van der Waals surface area contributed by atoms with Crippen LogP contribution < -0.4 is 16.4 Å². The van der Waals surface area contributed by atoms with Crippen LogP contribution in [0.1, 0.15) is 27.9 Å². The van der Waals surface area contributed by atoms with E-state index in [4.69, 9.17) is 15.7 Å². The molecule has 2 aromatic heterocycles. The van der Waals surface area contributed by atoms with Crippen LogP contribution in [0.15, 0.2) is 48.5 Å². The van der Waals surface area contributed by atoms with Crippen molar-refractivity contribution in [1.29, 1.82) is 0 Å². The average Bonchev–Trinajstić information content (AvgIpc) is 3.22. The lowest BCUT2D eigenvalue weighted by Gasteiger charge is -2.21. The zero-order valence-corrected chi connectivity index (χ0v) is 16.3. The number of anilines is 2. The van der Waals surface area contributed by atoms with Crippen molar-refractivity contribution in [2.45, 2.75) is 19.4 Å². The molecule has 1 amide bonds. The normalized spacial score (nSPS) is 12.9. The smallest absolute Gasteiger partial charge is 0.250 e. The zero-order chi connectivity index (χ0) is 20.5. The molecule has 0 aliphatic carbocycles. The Kier molecular flexibility index (Phi) is 4.51. The van der Waals surface area contributed by atoms with Crippen molar-refractivity contribution in [3.05, 3.63) is 65.2 Å². The molecule has 5 N–H and O–H groups in total. The van der Waals surface area contributed by atoms with Gasteiger partial charge in [0.25, 0.3) is 5.91 Å². The third-order valence-electron chi connectivity index (χ3n) is 5.28. The highest BCUT2D eigenvalue weighted by molar-refractivity contribution is 6.07. The lowest BCUT2D eigenvalue weighted by Crippen LogP contribution is -2.17. The molecule has 0 saturated carbocycles. The van der Waals surface area contributed by atoms with Crippen LogP contribution in [0.2, 0.25) is 0 Å². The highest BCUT2D eigenvalue weighted by Crippen LogP contribution is 2.32. The van der Waals surface area contributed by atoms with Gasteiger partial charge in [0.2, 0.25) is 0 Å². The zero-order valence-electron chi connectivity index (χ0n) is 16.3. The predicted molar refractivity (Wildman–Crippen MR) is 116 cm³/mol. The van der Waals surface area contributed by atoms with Crippen LogP contribution in [0.3, 0.4) is 0 Å². The predicted octanol–water partition coefficient (Wildman–Crippen LogP) is 3.09. The number of hydrogen-bond donors (Lipinski definition) is 4. The van der Waals surface area contributed by atoms with Gasteiger partial charge in [-0.2, -0.15) is 5.10 Å². The highest BCUT2D eigenvalue weighted by Gasteiger charge is 2.21. The Morgan fingerprint density at radius 3 is 2.80 bits per heavy atom. The summed E-state index contributed by atoms with van der Waals surface area (Å²) in [4.78, 5) is 21.3. The van der Waals surface area contributed by atoms with Gasteiger partial charge in [0.05, 0.1) is 11.1 Å². The van der Waals surface area contributed by atoms with Crippen LogP contribution in [0.5, 0.6) is 0 Å². The molecule has 4 aromatic rings. The van der Waals surface area contributed by atoms with Gasteiger partial charge >= 0.3 is 0 Å². The van der Waals surface area contributed by atoms with E-state index in [1.807, 2.05) is 24.3 Å². The second-order valence-electron chi connectivity index (χ2n) is 7.26. The van der Waals surface area contributed by atoms with E-state index < -0.39 is 5.91 Å².